The van der Waals surface area contributed by atoms with Gasteiger partial charge in [-0.2, -0.15) is 0 Å². The standard InChI is InChI=1S/C28H34F2N4O4/c1-2-14-31-27(35)32-26-18-24(29)23(17-25(26)30)19-8-10-20(11-9-19)33-38-22-12-15-34(16-13-22)28(36)37-21-6-4-3-5-7-21/h3-7,17-19,22H,2,8-16H2,1H3,(H2,31,32,35). The van der Waals surface area contributed by atoms with E-state index in [-0.39, 0.29) is 23.8 Å². The van der Waals surface area contributed by atoms with Crippen LogP contribution in [0.25, 0.3) is 0 Å². The number of piperidine rings is 1. The first-order chi connectivity index (χ1) is 18.4. The molecule has 0 atom stereocenters. The maximum absolute atomic E-state index is 14.8. The van der Waals surface area contributed by atoms with Gasteiger partial charge in [-0.3, -0.25) is 0 Å². The topological polar surface area (TPSA) is 92.3 Å². The van der Waals surface area contributed by atoms with Gasteiger partial charge in [-0.1, -0.05) is 30.3 Å². The van der Waals surface area contributed by atoms with E-state index < -0.39 is 17.7 Å². The van der Waals surface area contributed by atoms with Crippen LogP contribution in [0.2, 0.25) is 0 Å². The van der Waals surface area contributed by atoms with Crippen molar-refractivity contribution < 1.29 is 27.9 Å². The number of carbonyl (C=O) groups is 2. The molecule has 38 heavy (non-hydrogen) atoms. The fourth-order valence-electron chi connectivity index (χ4n) is 4.68. The molecular weight excluding hydrogens is 494 g/mol. The zero-order valence-electron chi connectivity index (χ0n) is 21.6. The Labute approximate surface area is 221 Å². The third-order valence-electron chi connectivity index (χ3n) is 6.85. The average Bonchev–Trinajstić information content (AvgIpc) is 2.93. The summed E-state index contributed by atoms with van der Waals surface area (Å²) in [7, 11) is 0. The predicted octanol–water partition coefficient (Wildman–Crippen LogP) is 6.19. The van der Waals surface area contributed by atoms with Gasteiger partial charge in [0, 0.05) is 38.5 Å². The van der Waals surface area contributed by atoms with Crippen molar-refractivity contribution >= 4 is 23.5 Å². The van der Waals surface area contributed by atoms with Crippen LogP contribution in [0.1, 0.15) is 63.4 Å². The summed E-state index contributed by atoms with van der Waals surface area (Å²) in [6.45, 7) is 3.41. The number of nitrogens with one attached hydrogen (secondary N) is 2. The molecular formula is C28H34F2N4O4. The number of hydrogen-bond acceptors (Lipinski definition) is 5. The fourth-order valence-corrected chi connectivity index (χ4v) is 4.68. The van der Waals surface area contributed by atoms with Crippen LogP contribution in [0.4, 0.5) is 24.1 Å². The highest BCUT2D eigenvalue weighted by Gasteiger charge is 2.27. The van der Waals surface area contributed by atoms with Crippen molar-refractivity contribution in [2.24, 2.45) is 5.16 Å². The van der Waals surface area contributed by atoms with E-state index in [1.807, 2.05) is 25.1 Å². The third kappa shape index (κ3) is 7.43. The number of carbonyl (C=O) groups excluding carboxylic acids is 2. The van der Waals surface area contributed by atoms with Crippen LogP contribution in [-0.2, 0) is 4.84 Å². The Morgan fingerprint density at radius 3 is 2.42 bits per heavy atom. The minimum atomic E-state index is -0.658. The molecule has 2 fully saturated rings. The Balaban J connectivity index is 1.22. The number of nitrogens with zero attached hydrogens (tertiary/aromatic N) is 2. The minimum Gasteiger partial charge on any atom is -0.410 e. The molecule has 3 amide bonds. The molecule has 0 unspecified atom stereocenters. The van der Waals surface area contributed by atoms with Gasteiger partial charge in [0.1, 0.15) is 23.5 Å². The molecule has 1 saturated carbocycles. The molecule has 1 aliphatic heterocycles. The highest BCUT2D eigenvalue weighted by Crippen LogP contribution is 2.35. The van der Waals surface area contributed by atoms with E-state index in [9.17, 15) is 18.4 Å². The lowest BCUT2D eigenvalue weighted by Gasteiger charge is -2.30. The molecule has 0 radical (unpaired) electrons. The molecule has 0 spiro atoms. The van der Waals surface area contributed by atoms with Crippen LogP contribution in [0.5, 0.6) is 5.75 Å². The first kappa shape index (κ1) is 27.3. The van der Waals surface area contributed by atoms with E-state index in [1.54, 1.807) is 17.0 Å². The highest BCUT2D eigenvalue weighted by atomic mass is 19.1. The van der Waals surface area contributed by atoms with E-state index in [1.165, 1.54) is 6.07 Å². The fraction of sp³-hybridized carbons (Fsp3) is 0.464. The molecule has 0 aromatic heterocycles. The second-order valence-electron chi connectivity index (χ2n) is 9.64. The summed E-state index contributed by atoms with van der Waals surface area (Å²) in [5.41, 5.74) is 1.04. The van der Waals surface area contributed by atoms with Gasteiger partial charge in [-0.05, 0) is 61.8 Å². The molecule has 8 nitrogen and oxygen atoms in total. The minimum absolute atomic E-state index is 0.0814. The smallest absolute Gasteiger partial charge is 0.410 e. The largest absolute Gasteiger partial charge is 0.415 e. The average molecular weight is 529 g/mol. The van der Waals surface area contributed by atoms with Gasteiger partial charge >= 0.3 is 12.1 Å². The van der Waals surface area contributed by atoms with Crippen molar-refractivity contribution in [3.8, 4) is 5.75 Å². The molecule has 1 aliphatic carbocycles. The lowest BCUT2D eigenvalue weighted by atomic mass is 9.83. The van der Waals surface area contributed by atoms with E-state index in [4.69, 9.17) is 9.57 Å². The maximum Gasteiger partial charge on any atom is 0.415 e. The van der Waals surface area contributed by atoms with Gasteiger partial charge in [0.2, 0.25) is 0 Å². The van der Waals surface area contributed by atoms with Crippen LogP contribution in [0, 0.1) is 11.6 Å². The molecule has 204 valence electrons. The SMILES string of the molecule is CCCNC(=O)Nc1cc(F)c(C2CCC(=NOC3CCN(C(=O)Oc4ccccc4)CC3)CC2)cc1F. The monoisotopic (exact) mass is 528 g/mol. The summed E-state index contributed by atoms with van der Waals surface area (Å²) in [6.07, 6.45) is 4.13. The van der Waals surface area contributed by atoms with E-state index in [2.05, 4.69) is 15.8 Å². The van der Waals surface area contributed by atoms with Crippen molar-refractivity contribution in [2.45, 2.75) is 63.9 Å². The van der Waals surface area contributed by atoms with Crippen molar-refractivity contribution in [3.05, 3.63) is 59.7 Å². The molecule has 1 saturated heterocycles. The van der Waals surface area contributed by atoms with Crippen LogP contribution in [0.15, 0.2) is 47.6 Å². The number of ether oxygens (including phenoxy) is 1. The van der Waals surface area contributed by atoms with Crippen LogP contribution in [-0.4, -0.2) is 48.5 Å². The molecule has 10 heteroatoms. The number of hydrogen-bond donors (Lipinski definition) is 2. The number of rotatable bonds is 7. The molecule has 1 heterocycles. The van der Waals surface area contributed by atoms with Gasteiger partial charge in [0.15, 0.2) is 0 Å². The van der Waals surface area contributed by atoms with Crippen molar-refractivity contribution in [1.29, 1.82) is 0 Å². The van der Waals surface area contributed by atoms with Crippen molar-refractivity contribution in [3.63, 3.8) is 0 Å². The summed E-state index contributed by atoms with van der Waals surface area (Å²) in [5.74, 6) is -0.806. The summed E-state index contributed by atoms with van der Waals surface area (Å²) in [5, 5.41) is 9.28. The molecule has 2 aliphatic rings. The summed E-state index contributed by atoms with van der Waals surface area (Å²) in [6, 6.07) is 10.6. The Morgan fingerprint density at radius 1 is 1.03 bits per heavy atom. The second kappa shape index (κ2) is 13.2. The lowest BCUT2D eigenvalue weighted by molar-refractivity contribution is 0.0134. The summed E-state index contributed by atoms with van der Waals surface area (Å²) < 4.78 is 34.7. The number of halogens is 2. The quantitative estimate of drug-likeness (QED) is 0.419. The number of para-hydroxylation sites is 1. The van der Waals surface area contributed by atoms with Gasteiger partial charge in [-0.25, -0.2) is 18.4 Å². The second-order valence-corrected chi connectivity index (χ2v) is 9.64. The predicted molar refractivity (Wildman–Crippen MR) is 140 cm³/mol. The van der Waals surface area contributed by atoms with Gasteiger partial charge < -0.3 is 25.1 Å². The van der Waals surface area contributed by atoms with Gasteiger partial charge in [-0.15, -0.1) is 0 Å². The Hall–Kier alpha value is -3.69. The van der Waals surface area contributed by atoms with E-state index in [0.717, 1.165) is 18.2 Å². The number of anilines is 1. The number of urea groups is 1. The summed E-state index contributed by atoms with van der Waals surface area (Å²) >= 11 is 0. The van der Waals surface area contributed by atoms with Gasteiger partial charge in [0.25, 0.3) is 0 Å². The maximum atomic E-state index is 14.8. The van der Waals surface area contributed by atoms with Crippen LogP contribution in [0.3, 0.4) is 0 Å². The normalized spacial score (nSPS) is 18.0. The summed E-state index contributed by atoms with van der Waals surface area (Å²) in [4.78, 5) is 31.6. The van der Waals surface area contributed by atoms with Crippen LogP contribution >= 0.6 is 0 Å². The van der Waals surface area contributed by atoms with Crippen molar-refractivity contribution in [1.82, 2.24) is 10.2 Å². The first-order valence-electron chi connectivity index (χ1n) is 13.2. The Morgan fingerprint density at radius 2 is 1.74 bits per heavy atom. The number of likely N-dealkylation sites (tertiary alicyclic amines) is 1. The molecule has 4 rings (SSSR count). The molecule has 2 aromatic rings. The molecule has 0 bridgehead atoms. The van der Waals surface area contributed by atoms with Crippen molar-refractivity contribution in [2.75, 3.05) is 25.0 Å². The lowest BCUT2D eigenvalue weighted by Crippen LogP contribution is -2.42. The van der Waals surface area contributed by atoms with Gasteiger partial charge in [0.05, 0.1) is 11.4 Å². The van der Waals surface area contributed by atoms with Crippen LogP contribution < -0.4 is 15.4 Å². The Kier molecular flexibility index (Phi) is 9.51. The third-order valence-corrected chi connectivity index (χ3v) is 6.85. The Bertz CT molecular complexity index is 1130. The number of oxime groups is 1. The molecule has 2 aromatic carbocycles. The highest BCUT2D eigenvalue weighted by molar-refractivity contribution is 5.89. The zero-order valence-corrected chi connectivity index (χ0v) is 21.6. The molecule has 2 N–H and O–H groups in total. The number of amides is 3. The van der Waals surface area contributed by atoms with E-state index >= 15 is 0 Å². The van der Waals surface area contributed by atoms with E-state index in [0.29, 0.717) is 69.5 Å². The first-order valence-corrected chi connectivity index (χ1v) is 13.2. The zero-order chi connectivity index (χ0) is 26.9. The number of benzene rings is 2.